The van der Waals surface area contributed by atoms with Gasteiger partial charge in [0.25, 0.3) is 5.56 Å². The van der Waals surface area contributed by atoms with Crippen LogP contribution in [0.15, 0.2) is 54.0 Å². The standard InChI is InChI=1S/C21H18N6O2/c1-11-12(2)16(4-3-15(11)19(22)28)26-20-18-13(5-6-25-21(18)29)7-17(27-20)14-8-23-10-24-9-14/h3-10H,1-2H3,(H2,22,28)(H,25,29)(H,26,27). The van der Waals surface area contributed by atoms with Gasteiger partial charge in [-0.25, -0.2) is 15.0 Å². The molecule has 4 aromatic rings. The molecule has 0 saturated heterocycles. The van der Waals surface area contributed by atoms with Gasteiger partial charge >= 0.3 is 0 Å². The van der Waals surface area contributed by atoms with Crippen LogP contribution in [0, 0.1) is 13.8 Å². The molecule has 3 heterocycles. The summed E-state index contributed by atoms with van der Waals surface area (Å²) >= 11 is 0. The third-order valence-corrected chi connectivity index (χ3v) is 4.92. The second kappa shape index (κ2) is 7.16. The summed E-state index contributed by atoms with van der Waals surface area (Å²) in [7, 11) is 0. The number of aromatic amines is 1. The van der Waals surface area contributed by atoms with E-state index >= 15 is 0 Å². The molecule has 8 nitrogen and oxygen atoms in total. The lowest BCUT2D eigenvalue weighted by Gasteiger charge is -2.15. The van der Waals surface area contributed by atoms with Crippen molar-refractivity contribution in [2.45, 2.75) is 13.8 Å². The highest BCUT2D eigenvalue weighted by Crippen LogP contribution is 2.30. The highest BCUT2D eigenvalue weighted by molar-refractivity contribution is 5.97. The summed E-state index contributed by atoms with van der Waals surface area (Å²) in [6.07, 6.45) is 6.36. The van der Waals surface area contributed by atoms with Gasteiger partial charge in [-0.2, -0.15) is 0 Å². The highest BCUT2D eigenvalue weighted by Gasteiger charge is 2.15. The van der Waals surface area contributed by atoms with Crippen LogP contribution in [-0.2, 0) is 0 Å². The van der Waals surface area contributed by atoms with E-state index in [2.05, 4.69) is 25.3 Å². The van der Waals surface area contributed by atoms with Gasteiger partial charge < -0.3 is 16.0 Å². The highest BCUT2D eigenvalue weighted by atomic mass is 16.1. The fraction of sp³-hybridized carbons (Fsp3) is 0.0952. The first kappa shape index (κ1) is 18.3. The lowest BCUT2D eigenvalue weighted by molar-refractivity contribution is 0.0999. The summed E-state index contributed by atoms with van der Waals surface area (Å²) in [6, 6.07) is 7.05. The Kier molecular flexibility index (Phi) is 4.52. The first-order chi connectivity index (χ1) is 14.0. The van der Waals surface area contributed by atoms with Crippen LogP contribution in [0.25, 0.3) is 22.0 Å². The lowest BCUT2D eigenvalue weighted by Crippen LogP contribution is -2.14. The maximum absolute atomic E-state index is 12.5. The van der Waals surface area contributed by atoms with Gasteiger partial charge in [-0.3, -0.25) is 9.59 Å². The summed E-state index contributed by atoms with van der Waals surface area (Å²) < 4.78 is 0. The fourth-order valence-corrected chi connectivity index (χ4v) is 3.23. The van der Waals surface area contributed by atoms with Gasteiger partial charge in [-0.15, -0.1) is 0 Å². The van der Waals surface area contributed by atoms with E-state index in [0.717, 1.165) is 27.8 Å². The minimum Gasteiger partial charge on any atom is -0.366 e. The van der Waals surface area contributed by atoms with Crippen molar-refractivity contribution in [1.82, 2.24) is 19.9 Å². The number of amides is 1. The molecule has 0 aliphatic carbocycles. The number of rotatable bonds is 4. The Labute approximate surface area is 165 Å². The van der Waals surface area contributed by atoms with E-state index < -0.39 is 5.91 Å². The van der Waals surface area contributed by atoms with Gasteiger partial charge in [-0.1, -0.05) is 0 Å². The predicted molar refractivity (Wildman–Crippen MR) is 111 cm³/mol. The molecule has 0 unspecified atom stereocenters. The Morgan fingerprint density at radius 3 is 2.59 bits per heavy atom. The molecule has 1 amide bonds. The maximum Gasteiger partial charge on any atom is 0.259 e. The second-order valence-corrected chi connectivity index (χ2v) is 6.65. The molecular formula is C21H18N6O2. The van der Waals surface area contributed by atoms with Crippen LogP contribution < -0.4 is 16.6 Å². The second-order valence-electron chi connectivity index (χ2n) is 6.65. The van der Waals surface area contributed by atoms with Crippen LogP contribution in [0.4, 0.5) is 11.5 Å². The number of anilines is 2. The van der Waals surface area contributed by atoms with Crippen LogP contribution >= 0.6 is 0 Å². The van der Waals surface area contributed by atoms with Gasteiger partial charge in [-0.05, 0) is 54.6 Å². The van der Waals surface area contributed by atoms with E-state index in [4.69, 9.17) is 5.73 Å². The van der Waals surface area contributed by atoms with Gasteiger partial charge in [0.2, 0.25) is 5.91 Å². The van der Waals surface area contributed by atoms with Crippen molar-refractivity contribution in [1.29, 1.82) is 0 Å². The zero-order valence-electron chi connectivity index (χ0n) is 15.9. The van der Waals surface area contributed by atoms with E-state index in [0.29, 0.717) is 22.5 Å². The largest absolute Gasteiger partial charge is 0.366 e. The Hall–Kier alpha value is -4.07. The van der Waals surface area contributed by atoms with Crippen molar-refractivity contribution >= 4 is 28.2 Å². The Bertz CT molecular complexity index is 1300. The average molecular weight is 386 g/mol. The van der Waals surface area contributed by atoms with E-state index in [-0.39, 0.29) is 5.56 Å². The first-order valence-corrected chi connectivity index (χ1v) is 8.90. The summed E-state index contributed by atoms with van der Waals surface area (Å²) in [4.78, 5) is 39.5. The molecule has 4 N–H and O–H groups in total. The molecule has 0 saturated carbocycles. The molecule has 1 aromatic carbocycles. The van der Waals surface area contributed by atoms with Crippen molar-refractivity contribution in [2.75, 3.05) is 5.32 Å². The lowest BCUT2D eigenvalue weighted by atomic mass is 10.0. The number of primary amides is 1. The number of fused-ring (bicyclic) bond motifs is 1. The number of carbonyl (C=O) groups excluding carboxylic acids is 1. The van der Waals surface area contributed by atoms with Gasteiger partial charge in [0.1, 0.15) is 12.1 Å². The van der Waals surface area contributed by atoms with Gasteiger partial charge in [0.05, 0.1) is 11.1 Å². The summed E-state index contributed by atoms with van der Waals surface area (Å²) in [5.41, 5.74) is 9.35. The van der Waals surface area contributed by atoms with Crippen molar-refractivity contribution in [3.63, 3.8) is 0 Å². The number of nitrogens with two attached hydrogens (primary N) is 1. The number of H-pyrrole nitrogens is 1. The number of pyridine rings is 2. The number of hydrogen-bond acceptors (Lipinski definition) is 6. The van der Waals surface area contributed by atoms with Gasteiger partial charge in [0, 0.05) is 35.4 Å². The summed E-state index contributed by atoms with van der Waals surface area (Å²) in [5.74, 6) is -0.0826. The SMILES string of the molecule is Cc1c(Nc2nc(-c3cncnc3)cc3cc[nH]c(=O)c23)ccc(C(N)=O)c1C. The monoisotopic (exact) mass is 386 g/mol. The van der Waals surface area contributed by atoms with Gasteiger partial charge in [0.15, 0.2) is 0 Å². The van der Waals surface area contributed by atoms with Crippen LogP contribution in [0.5, 0.6) is 0 Å². The molecule has 0 aliphatic heterocycles. The molecule has 0 atom stereocenters. The minimum atomic E-state index is -0.483. The zero-order chi connectivity index (χ0) is 20.5. The molecule has 0 fully saturated rings. The number of benzene rings is 1. The normalized spacial score (nSPS) is 10.8. The van der Waals surface area contributed by atoms with Crippen LogP contribution in [0.2, 0.25) is 0 Å². The van der Waals surface area contributed by atoms with Crippen LogP contribution in [-0.4, -0.2) is 25.8 Å². The topological polar surface area (TPSA) is 127 Å². The number of nitrogens with zero attached hydrogens (tertiary/aromatic N) is 3. The third-order valence-electron chi connectivity index (χ3n) is 4.92. The quantitative estimate of drug-likeness (QED) is 0.495. The number of nitrogens with one attached hydrogen (secondary N) is 2. The summed E-state index contributed by atoms with van der Waals surface area (Å²) in [6.45, 7) is 3.71. The molecule has 0 bridgehead atoms. The molecule has 144 valence electrons. The van der Waals surface area contributed by atoms with E-state index in [1.165, 1.54) is 6.33 Å². The summed E-state index contributed by atoms with van der Waals surface area (Å²) in [5, 5.41) is 4.41. The molecule has 8 heteroatoms. The van der Waals surface area contributed by atoms with E-state index in [9.17, 15) is 9.59 Å². The Balaban J connectivity index is 1.90. The fourth-order valence-electron chi connectivity index (χ4n) is 3.23. The van der Waals surface area contributed by atoms with Crippen molar-refractivity contribution in [3.8, 4) is 11.3 Å². The van der Waals surface area contributed by atoms with Crippen molar-refractivity contribution < 1.29 is 4.79 Å². The zero-order valence-corrected chi connectivity index (χ0v) is 15.9. The molecule has 0 spiro atoms. The number of carbonyl (C=O) groups is 1. The van der Waals surface area contributed by atoms with Crippen LogP contribution in [0.1, 0.15) is 21.5 Å². The molecular weight excluding hydrogens is 368 g/mol. The first-order valence-electron chi connectivity index (χ1n) is 8.90. The van der Waals surface area contributed by atoms with E-state index in [1.807, 2.05) is 26.0 Å². The third kappa shape index (κ3) is 3.31. The number of hydrogen-bond donors (Lipinski definition) is 3. The smallest absolute Gasteiger partial charge is 0.259 e. The maximum atomic E-state index is 12.5. The van der Waals surface area contributed by atoms with Crippen LogP contribution in [0.3, 0.4) is 0 Å². The molecule has 0 aliphatic rings. The number of aromatic nitrogens is 4. The average Bonchev–Trinajstić information content (AvgIpc) is 2.71. The Morgan fingerprint density at radius 2 is 1.86 bits per heavy atom. The Morgan fingerprint density at radius 1 is 1.10 bits per heavy atom. The van der Waals surface area contributed by atoms with Crippen molar-refractivity contribution in [3.05, 3.63) is 76.2 Å². The molecule has 4 rings (SSSR count). The predicted octanol–water partition coefficient (Wildman–Crippen LogP) is 2.84. The molecule has 29 heavy (non-hydrogen) atoms. The van der Waals surface area contributed by atoms with Crippen molar-refractivity contribution in [2.24, 2.45) is 5.73 Å². The molecule has 0 radical (unpaired) electrons. The minimum absolute atomic E-state index is 0.253. The van der Waals surface area contributed by atoms with E-state index in [1.54, 1.807) is 30.7 Å². The molecule has 3 aromatic heterocycles.